The third-order valence-electron chi connectivity index (χ3n) is 8.29. The van der Waals surface area contributed by atoms with E-state index in [9.17, 15) is 4.79 Å². The zero-order chi connectivity index (χ0) is 18.8. The van der Waals surface area contributed by atoms with Crippen LogP contribution in [0.5, 0.6) is 0 Å². The monoisotopic (exact) mass is 382 g/mol. The number of hydrogen-bond acceptors (Lipinski definition) is 3. The smallest absolute Gasteiger partial charge is 0.138 e. The van der Waals surface area contributed by atoms with E-state index in [0.29, 0.717) is 35.0 Å². The topological polar surface area (TPSA) is 42.3 Å². The minimum atomic E-state index is 0.137. The fourth-order valence-electron chi connectivity index (χ4n) is 6.78. The van der Waals surface area contributed by atoms with Gasteiger partial charge in [0.1, 0.15) is 5.78 Å². The van der Waals surface area contributed by atoms with E-state index >= 15 is 0 Å². The number of hydrogen-bond donors (Lipinski definition) is 0. The highest BCUT2D eigenvalue weighted by Crippen LogP contribution is 2.63. The Balaban J connectivity index is 1.48. The molecular weight excluding hydrogens is 356 g/mol. The van der Waals surface area contributed by atoms with Gasteiger partial charge in [-0.15, -0.1) is 0 Å². The average molecular weight is 383 g/mol. The number of carbonyl (C=O) groups is 1. The normalized spacial score (nSPS) is 40.6. The number of allylic oxidation sites excluding steroid dienone is 2. The zero-order valence-corrected chi connectivity index (χ0v) is 16.9. The van der Waals surface area contributed by atoms with Gasteiger partial charge in [0.15, 0.2) is 0 Å². The Kier molecular flexibility index (Phi) is 3.92. The first-order valence-electron chi connectivity index (χ1n) is 10.3. The molecule has 0 unspecified atom stereocenters. The average Bonchev–Trinajstić information content (AvgIpc) is 2.99. The SMILES string of the molecule is C[C@]12CCC(=O)CC1=NC[C@@H]1[C@@H]2CC[C@]2(C)C(c3cncc(Cl)c3)=CC[C@@H]12. The fourth-order valence-corrected chi connectivity index (χ4v) is 6.95. The number of halogens is 1. The van der Waals surface area contributed by atoms with Crippen LogP contribution in [0.15, 0.2) is 29.5 Å². The Morgan fingerprint density at radius 2 is 2.00 bits per heavy atom. The molecule has 0 saturated heterocycles. The largest absolute Gasteiger partial charge is 0.299 e. The first kappa shape index (κ1) is 17.6. The first-order chi connectivity index (χ1) is 12.9. The summed E-state index contributed by atoms with van der Waals surface area (Å²) < 4.78 is 0. The summed E-state index contributed by atoms with van der Waals surface area (Å²) in [4.78, 5) is 21.3. The van der Waals surface area contributed by atoms with Crippen molar-refractivity contribution < 1.29 is 4.79 Å². The zero-order valence-electron chi connectivity index (χ0n) is 16.2. The van der Waals surface area contributed by atoms with Crippen LogP contribution in [0.4, 0.5) is 0 Å². The molecule has 0 radical (unpaired) electrons. The van der Waals surface area contributed by atoms with Gasteiger partial charge in [-0.25, -0.2) is 0 Å². The molecule has 1 aromatic heterocycles. The highest BCUT2D eigenvalue weighted by Gasteiger charge is 2.57. The molecule has 5 atom stereocenters. The van der Waals surface area contributed by atoms with Crippen molar-refractivity contribution in [1.82, 2.24) is 4.98 Å². The first-order valence-corrected chi connectivity index (χ1v) is 10.7. The number of fused-ring (bicyclic) bond motifs is 5. The van der Waals surface area contributed by atoms with Crippen molar-refractivity contribution in [1.29, 1.82) is 0 Å². The number of nitrogens with zero attached hydrogens (tertiary/aromatic N) is 2. The van der Waals surface area contributed by atoms with E-state index in [1.807, 2.05) is 6.20 Å². The molecule has 3 nitrogen and oxygen atoms in total. The van der Waals surface area contributed by atoms with E-state index in [1.165, 1.54) is 29.7 Å². The van der Waals surface area contributed by atoms with E-state index in [4.69, 9.17) is 16.6 Å². The summed E-state index contributed by atoms with van der Waals surface area (Å²) in [5.74, 6) is 2.29. The molecule has 3 aliphatic carbocycles. The van der Waals surface area contributed by atoms with Gasteiger partial charge in [0, 0.05) is 42.9 Å². The molecule has 27 heavy (non-hydrogen) atoms. The molecule has 0 N–H and O–H groups in total. The number of ketones is 1. The maximum Gasteiger partial charge on any atom is 0.138 e. The second kappa shape index (κ2) is 6.01. The molecule has 5 rings (SSSR count). The van der Waals surface area contributed by atoms with Gasteiger partial charge in [-0.3, -0.25) is 14.8 Å². The van der Waals surface area contributed by atoms with Gasteiger partial charge in [0.2, 0.25) is 0 Å². The fraction of sp³-hybridized carbons (Fsp3) is 0.609. The molecule has 4 heteroatoms. The molecule has 2 fully saturated rings. The van der Waals surface area contributed by atoms with Gasteiger partial charge in [-0.05, 0) is 66.1 Å². The standard InChI is InChI=1S/C23H27ClN2O/c1-22-8-6-20-17(13-26-21-10-16(27)5-7-23(20,21)2)19(22)4-3-18(22)14-9-15(24)12-25-11-14/h3,9,11-12,17,19-20H,4-8,10,13H2,1-2H3/t17-,19-,20-,22+,23+/m0/s1. The number of rotatable bonds is 1. The second-order valence-electron chi connectivity index (χ2n) is 9.50. The number of pyridine rings is 1. The molecule has 1 aromatic rings. The lowest BCUT2D eigenvalue weighted by molar-refractivity contribution is -0.120. The lowest BCUT2D eigenvalue weighted by atomic mass is 9.49. The summed E-state index contributed by atoms with van der Waals surface area (Å²) in [5, 5.41) is 0.709. The molecule has 0 bridgehead atoms. The van der Waals surface area contributed by atoms with Crippen LogP contribution in [0, 0.1) is 28.6 Å². The molecule has 4 aliphatic rings. The molecule has 0 aromatic carbocycles. The van der Waals surface area contributed by atoms with Crippen LogP contribution in [-0.4, -0.2) is 23.0 Å². The predicted octanol–water partition coefficient (Wildman–Crippen LogP) is 5.38. The Morgan fingerprint density at radius 3 is 2.81 bits per heavy atom. The third kappa shape index (κ3) is 2.50. The molecule has 2 heterocycles. The van der Waals surface area contributed by atoms with Crippen molar-refractivity contribution in [2.24, 2.45) is 33.6 Å². The van der Waals surface area contributed by atoms with Crippen LogP contribution in [0.1, 0.15) is 57.9 Å². The summed E-state index contributed by atoms with van der Waals surface area (Å²) in [7, 11) is 0. The van der Waals surface area contributed by atoms with Gasteiger partial charge in [0.25, 0.3) is 0 Å². The minimum Gasteiger partial charge on any atom is -0.299 e. The molecule has 0 spiro atoms. The Labute approximate surface area is 166 Å². The minimum absolute atomic E-state index is 0.137. The van der Waals surface area contributed by atoms with E-state index in [1.54, 1.807) is 6.20 Å². The Morgan fingerprint density at radius 1 is 1.15 bits per heavy atom. The summed E-state index contributed by atoms with van der Waals surface area (Å²) in [5.41, 5.74) is 4.13. The summed E-state index contributed by atoms with van der Waals surface area (Å²) >= 11 is 6.23. The Hall–Kier alpha value is -1.48. The van der Waals surface area contributed by atoms with Gasteiger partial charge < -0.3 is 0 Å². The van der Waals surface area contributed by atoms with Gasteiger partial charge in [-0.2, -0.15) is 0 Å². The van der Waals surface area contributed by atoms with Crippen molar-refractivity contribution >= 4 is 28.7 Å². The number of Topliss-reactive ketones (excluding diaryl/α,β-unsaturated/α-hetero) is 1. The van der Waals surface area contributed by atoms with Crippen LogP contribution in [0.3, 0.4) is 0 Å². The maximum absolute atomic E-state index is 12.0. The van der Waals surface area contributed by atoms with Crippen molar-refractivity contribution in [3.8, 4) is 0 Å². The molecule has 2 saturated carbocycles. The van der Waals surface area contributed by atoms with Crippen LogP contribution in [0.2, 0.25) is 5.02 Å². The highest BCUT2D eigenvalue weighted by atomic mass is 35.5. The third-order valence-corrected chi connectivity index (χ3v) is 8.50. The van der Waals surface area contributed by atoms with E-state index in [0.717, 1.165) is 25.8 Å². The lowest BCUT2D eigenvalue weighted by Gasteiger charge is -2.56. The van der Waals surface area contributed by atoms with Crippen LogP contribution in [0.25, 0.3) is 5.57 Å². The van der Waals surface area contributed by atoms with Crippen molar-refractivity contribution in [3.05, 3.63) is 35.1 Å². The number of carbonyl (C=O) groups excluding carboxylic acids is 1. The van der Waals surface area contributed by atoms with E-state index < -0.39 is 0 Å². The van der Waals surface area contributed by atoms with Gasteiger partial charge in [-0.1, -0.05) is 31.5 Å². The van der Waals surface area contributed by atoms with Crippen LogP contribution >= 0.6 is 11.6 Å². The predicted molar refractivity (Wildman–Crippen MR) is 109 cm³/mol. The molecule has 142 valence electrons. The van der Waals surface area contributed by atoms with Gasteiger partial charge >= 0.3 is 0 Å². The van der Waals surface area contributed by atoms with Crippen molar-refractivity contribution in [2.45, 2.75) is 52.4 Å². The van der Waals surface area contributed by atoms with Gasteiger partial charge in [0.05, 0.1) is 5.02 Å². The number of aliphatic imine (C=N–C) groups is 1. The Bertz CT molecular complexity index is 875. The lowest BCUT2D eigenvalue weighted by Crippen LogP contribution is -2.54. The molecule has 1 aliphatic heterocycles. The second-order valence-corrected chi connectivity index (χ2v) is 9.94. The molecular formula is C23H27ClN2O. The van der Waals surface area contributed by atoms with Crippen molar-refractivity contribution in [3.63, 3.8) is 0 Å². The summed E-state index contributed by atoms with van der Waals surface area (Å²) in [6.45, 7) is 5.74. The number of aromatic nitrogens is 1. The van der Waals surface area contributed by atoms with E-state index in [2.05, 4.69) is 31.0 Å². The van der Waals surface area contributed by atoms with Crippen LogP contribution < -0.4 is 0 Å². The summed E-state index contributed by atoms with van der Waals surface area (Å²) in [6, 6.07) is 2.06. The van der Waals surface area contributed by atoms with E-state index in [-0.39, 0.29) is 10.8 Å². The van der Waals surface area contributed by atoms with Crippen molar-refractivity contribution in [2.75, 3.05) is 6.54 Å². The highest BCUT2D eigenvalue weighted by molar-refractivity contribution is 6.30. The summed E-state index contributed by atoms with van der Waals surface area (Å²) in [6.07, 6.45) is 12.0. The van der Waals surface area contributed by atoms with Crippen LogP contribution in [-0.2, 0) is 4.79 Å². The maximum atomic E-state index is 12.0. The quantitative estimate of drug-likeness (QED) is 0.653. The molecule has 0 amide bonds.